The van der Waals surface area contributed by atoms with E-state index in [2.05, 4.69) is 44.4 Å². The van der Waals surface area contributed by atoms with Crippen LogP contribution in [0, 0.1) is 5.41 Å². The van der Waals surface area contributed by atoms with Gasteiger partial charge in [0.1, 0.15) is 0 Å². The summed E-state index contributed by atoms with van der Waals surface area (Å²) in [6, 6.07) is 0.764. The zero-order chi connectivity index (χ0) is 15.3. The molecule has 0 radical (unpaired) electrons. The van der Waals surface area contributed by atoms with Crippen LogP contribution in [0.25, 0.3) is 0 Å². The molecule has 0 aromatic heterocycles. The van der Waals surface area contributed by atoms with Crippen LogP contribution >= 0.6 is 0 Å². The summed E-state index contributed by atoms with van der Waals surface area (Å²) >= 11 is 0. The highest BCUT2D eigenvalue weighted by Crippen LogP contribution is 2.23. The van der Waals surface area contributed by atoms with Crippen molar-refractivity contribution in [3.8, 4) is 0 Å². The van der Waals surface area contributed by atoms with Crippen molar-refractivity contribution < 1.29 is 4.79 Å². The molecule has 1 rings (SSSR count). The summed E-state index contributed by atoms with van der Waals surface area (Å²) in [5, 5.41) is 0. The standard InChI is InChI=1S/C16H33N3O/c1-6-18(12-16(4,5)11-17)10-15(20)19-13(2)8-7-9-14(19)3/h13-14H,6-12,17H2,1-5H3. The Kier molecular flexibility index (Phi) is 6.46. The van der Waals surface area contributed by atoms with Gasteiger partial charge in [0.05, 0.1) is 6.54 Å². The number of hydrogen-bond donors (Lipinski definition) is 1. The summed E-state index contributed by atoms with van der Waals surface area (Å²) in [6.45, 7) is 13.7. The lowest BCUT2D eigenvalue weighted by molar-refractivity contribution is -0.138. The van der Waals surface area contributed by atoms with Crippen molar-refractivity contribution in [1.29, 1.82) is 0 Å². The number of amides is 1. The van der Waals surface area contributed by atoms with Crippen LogP contribution in [0.2, 0.25) is 0 Å². The summed E-state index contributed by atoms with van der Waals surface area (Å²) in [5.74, 6) is 0.277. The summed E-state index contributed by atoms with van der Waals surface area (Å²) in [5.41, 5.74) is 5.87. The third kappa shape index (κ3) is 4.74. The molecule has 1 saturated heterocycles. The second-order valence-corrected chi connectivity index (χ2v) is 7.10. The molecule has 0 spiro atoms. The van der Waals surface area contributed by atoms with E-state index in [1.165, 1.54) is 6.42 Å². The van der Waals surface area contributed by atoms with E-state index in [4.69, 9.17) is 5.73 Å². The Morgan fingerprint density at radius 3 is 2.30 bits per heavy atom. The Labute approximate surface area is 124 Å². The average molecular weight is 283 g/mol. The Morgan fingerprint density at radius 2 is 1.85 bits per heavy atom. The molecule has 20 heavy (non-hydrogen) atoms. The normalized spacial score (nSPS) is 24.2. The summed E-state index contributed by atoms with van der Waals surface area (Å²) < 4.78 is 0. The summed E-state index contributed by atoms with van der Waals surface area (Å²) in [4.78, 5) is 16.9. The van der Waals surface area contributed by atoms with Crippen molar-refractivity contribution in [3.63, 3.8) is 0 Å². The zero-order valence-corrected chi connectivity index (χ0v) is 14.0. The highest BCUT2D eigenvalue weighted by atomic mass is 16.2. The van der Waals surface area contributed by atoms with Crippen molar-refractivity contribution in [3.05, 3.63) is 0 Å². The first kappa shape index (κ1) is 17.4. The molecule has 1 amide bonds. The average Bonchev–Trinajstić information content (AvgIpc) is 2.37. The van der Waals surface area contributed by atoms with Crippen LogP contribution in [0.1, 0.15) is 53.9 Å². The van der Waals surface area contributed by atoms with Gasteiger partial charge in [0.25, 0.3) is 0 Å². The van der Waals surface area contributed by atoms with Crippen LogP contribution in [0.3, 0.4) is 0 Å². The van der Waals surface area contributed by atoms with Gasteiger partial charge < -0.3 is 10.6 Å². The van der Waals surface area contributed by atoms with Gasteiger partial charge in [-0.25, -0.2) is 0 Å². The van der Waals surface area contributed by atoms with E-state index in [1.54, 1.807) is 0 Å². The first-order chi connectivity index (χ1) is 9.30. The molecular weight excluding hydrogens is 250 g/mol. The van der Waals surface area contributed by atoms with Gasteiger partial charge in [-0.15, -0.1) is 0 Å². The van der Waals surface area contributed by atoms with Gasteiger partial charge in [0.15, 0.2) is 0 Å². The SMILES string of the molecule is CCN(CC(=O)N1C(C)CCCC1C)CC(C)(C)CN. The molecule has 2 unspecified atom stereocenters. The predicted octanol–water partition coefficient (Wildman–Crippen LogP) is 2.08. The molecule has 1 aliphatic heterocycles. The zero-order valence-electron chi connectivity index (χ0n) is 14.0. The van der Waals surface area contributed by atoms with Gasteiger partial charge in [-0.3, -0.25) is 9.69 Å². The summed E-state index contributed by atoms with van der Waals surface area (Å²) in [6.07, 6.45) is 3.51. The molecule has 1 heterocycles. The number of hydrogen-bond acceptors (Lipinski definition) is 3. The van der Waals surface area contributed by atoms with Crippen LogP contribution in [-0.2, 0) is 4.79 Å². The summed E-state index contributed by atoms with van der Waals surface area (Å²) in [7, 11) is 0. The molecule has 1 aliphatic rings. The van der Waals surface area contributed by atoms with Gasteiger partial charge in [-0.05, 0) is 51.6 Å². The molecule has 1 fully saturated rings. The lowest BCUT2D eigenvalue weighted by atomic mass is 9.93. The van der Waals surface area contributed by atoms with Crippen molar-refractivity contribution in [2.24, 2.45) is 11.1 Å². The lowest BCUT2D eigenvalue weighted by Gasteiger charge is -2.40. The molecule has 0 aromatic rings. The quantitative estimate of drug-likeness (QED) is 0.812. The van der Waals surface area contributed by atoms with E-state index in [0.29, 0.717) is 25.2 Å². The van der Waals surface area contributed by atoms with Crippen LogP contribution in [0.5, 0.6) is 0 Å². The molecule has 118 valence electrons. The highest BCUT2D eigenvalue weighted by Gasteiger charge is 2.30. The van der Waals surface area contributed by atoms with Gasteiger partial charge in [0, 0.05) is 18.6 Å². The number of nitrogens with zero attached hydrogens (tertiary/aromatic N) is 2. The van der Waals surface area contributed by atoms with E-state index in [9.17, 15) is 4.79 Å². The molecular formula is C16H33N3O. The largest absolute Gasteiger partial charge is 0.336 e. The Hall–Kier alpha value is -0.610. The van der Waals surface area contributed by atoms with Crippen molar-refractivity contribution >= 4 is 5.91 Å². The first-order valence-corrected chi connectivity index (χ1v) is 8.04. The fourth-order valence-corrected chi connectivity index (χ4v) is 3.14. The van der Waals surface area contributed by atoms with Crippen LogP contribution in [0.4, 0.5) is 0 Å². The fourth-order valence-electron chi connectivity index (χ4n) is 3.14. The molecule has 0 aromatic carbocycles. The minimum absolute atomic E-state index is 0.0649. The van der Waals surface area contributed by atoms with Gasteiger partial charge in [0.2, 0.25) is 5.91 Å². The van der Waals surface area contributed by atoms with Gasteiger partial charge >= 0.3 is 0 Å². The smallest absolute Gasteiger partial charge is 0.237 e. The van der Waals surface area contributed by atoms with Crippen molar-refractivity contribution in [2.45, 2.75) is 66.0 Å². The minimum Gasteiger partial charge on any atom is -0.336 e. The topological polar surface area (TPSA) is 49.6 Å². The van der Waals surface area contributed by atoms with Gasteiger partial charge in [-0.2, -0.15) is 0 Å². The highest BCUT2D eigenvalue weighted by molar-refractivity contribution is 5.79. The maximum Gasteiger partial charge on any atom is 0.237 e. The van der Waals surface area contributed by atoms with Crippen LogP contribution in [0.15, 0.2) is 0 Å². The number of carbonyl (C=O) groups excluding carboxylic acids is 1. The number of piperidine rings is 1. The van der Waals surface area contributed by atoms with Crippen molar-refractivity contribution in [1.82, 2.24) is 9.80 Å². The number of carbonyl (C=O) groups is 1. The predicted molar refractivity (Wildman–Crippen MR) is 84.6 cm³/mol. The van der Waals surface area contributed by atoms with E-state index < -0.39 is 0 Å². The van der Waals surface area contributed by atoms with E-state index in [-0.39, 0.29) is 11.3 Å². The van der Waals surface area contributed by atoms with Crippen LogP contribution < -0.4 is 5.73 Å². The van der Waals surface area contributed by atoms with Gasteiger partial charge in [-0.1, -0.05) is 20.8 Å². The molecule has 2 N–H and O–H groups in total. The second kappa shape index (κ2) is 7.41. The Balaban J connectivity index is 2.62. The maximum atomic E-state index is 12.6. The minimum atomic E-state index is 0.0649. The molecule has 4 heteroatoms. The molecule has 2 atom stereocenters. The van der Waals surface area contributed by atoms with E-state index in [0.717, 1.165) is 25.9 Å². The third-order valence-corrected chi connectivity index (χ3v) is 4.49. The lowest BCUT2D eigenvalue weighted by Crippen LogP contribution is -2.52. The second-order valence-electron chi connectivity index (χ2n) is 7.10. The number of rotatable bonds is 6. The first-order valence-electron chi connectivity index (χ1n) is 8.04. The maximum absolute atomic E-state index is 12.6. The molecule has 0 saturated carbocycles. The monoisotopic (exact) mass is 283 g/mol. The van der Waals surface area contributed by atoms with E-state index >= 15 is 0 Å². The van der Waals surface area contributed by atoms with E-state index in [1.807, 2.05) is 0 Å². The Bertz CT molecular complexity index is 307. The number of likely N-dealkylation sites (N-methyl/N-ethyl adjacent to an activating group) is 1. The fraction of sp³-hybridized carbons (Fsp3) is 0.938. The van der Waals surface area contributed by atoms with Crippen molar-refractivity contribution in [2.75, 3.05) is 26.2 Å². The molecule has 0 bridgehead atoms. The molecule has 4 nitrogen and oxygen atoms in total. The van der Waals surface area contributed by atoms with Crippen LogP contribution in [-0.4, -0.2) is 54.0 Å². The number of likely N-dealkylation sites (tertiary alicyclic amines) is 1. The molecule has 0 aliphatic carbocycles. The Morgan fingerprint density at radius 1 is 1.30 bits per heavy atom. The third-order valence-electron chi connectivity index (χ3n) is 4.49. The number of nitrogens with two attached hydrogens (primary N) is 1.